The van der Waals surface area contributed by atoms with Gasteiger partial charge in [-0.05, 0) is 62.1 Å². The minimum absolute atomic E-state index is 0.0679. The molecule has 0 bridgehead atoms. The third kappa shape index (κ3) is 6.43. The van der Waals surface area contributed by atoms with Crippen molar-refractivity contribution in [2.75, 3.05) is 11.1 Å². The zero-order valence-corrected chi connectivity index (χ0v) is 28.8. The van der Waals surface area contributed by atoms with Gasteiger partial charge in [0.15, 0.2) is 0 Å². The predicted molar refractivity (Wildman–Crippen MR) is 185 cm³/mol. The molecular formula is C33H26Cl4F4N6O3. The zero-order chi connectivity index (χ0) is 36.0. The van der Waals surface area contributed by atoms with Crippen LogP contribution in [-0.2, 0) is 26.2 Å². The van der Waals surface area contributed by atoms with Crippen molar-refractivity contribution in [1.82, 2.24) is 18.7 Å². The smallest absolute Gasteiger partial charge is 0.276 e. The summed E-state index contributed by atoms with van der Waals surface area (Å²) in [5, 5.41) is 2.49. The van der Waals surface area contributed by atoms with Gasteiger partial charge in [-0.1, -0.05) is 52.5 Å². The molecule has 262 valence electrons. The van der Waals surface area contributed by atoms with E-state index in [0.717, 1.165) is 62.1 Å². The van der Waals surface area contributed by atoms with E-state index < -0.39 is 40.3 Å². The van der Waals surface area contributed by atoms with Crippen LogP contribution in [0.25, 0.3) is 22.3 Å². The summed E-state index contributed by atoms with van der Waals surface area (Å²) >= 11 is 24.4. The van der Waals surface area contributed by atoms with Crippen LogP contribution in [0.15, 0.2) is 52.1 Å². The second kappa shape index (κ2) is 14.2. The molecule has 17 heteroatoms. The Morgan fingerprint density at radius 3 is 1.56 bits per heavy atom. The normalized spacial score (nSPS) is 13.7. The van der Waals surface area contributed by atoms with Gasteiger partial charge in [-0.25, -0.2) is 26.9 Å². The number of rotatable bonds is 4. The van der Waals surface area contributed by atoms with Crippen LogP contribution in [0.2, 0.25) is 20.4 Å². The molecule has 0 aliphatic carbocycles. The van der Waals surface area contributed by atoms with Crippen LogP contribution >= 0.6 is 46.4 Å². The summed E-state index contributed by atoms with van der Waals surface area (Å²) in [5.74, 6) is -4.66. The fourth-order valence-corrected chi connectivity index (χ4v) is 7.06. The molecule has 4 heterocycles. The van der Waals surface area contributed by atoms with E-state index in [1.807, 2.05) is 0 Å². The number of fused-ring (bicyclic) bond motifs is 2. The summed E-state index contributed by atoms with van der Waals surface area (Å²) in [4.78, 5) is 37.6. The minimum Gasteiger partial charge on any atom is -0.398 e. The molecule has 0 radical (unpaired) electrons. The van der Waals surface area contributed by atoms with Crippen molar-refractivity contribution in [2.24, 2.45) is 0 Å². The number of hydrogen-bond donors (Lipinski definition) is 2. The first-order valence-electron chi connectivity index (χ1n) is 15.3. The van der Waals surface area contributed by atoms with Crippen LogP contribution in [0.5, 0.6) is 0 Å². The van der Waals surface area contributed by atoms with Crippen molar-refractivity contribution >= 4 is 63.7 Å². The third-order valence-corrected chi connectivity index (χ3v) is 9.85. The lowest BCUT2D eigenvalue weighted by atomic mass is 10.1. The fourth-order valence-electron chi connectivity index (χ4n) is 6.00. The maximum Gasteiger partial charge on any atom is 0.276 e. The number of nitrogens with one attached hydrogen (secondary N) is 1. The van der Waals surface area contributed by atoms with E-state index in [1.165, 1.54) is 10.7 Å². The van der Waals surface area contributed by atoms with Gasteiger partial charge < -0.3 is 11.1 Å². The summed E-state index contributed by atoms with van der Waals surface area (Å²) < 4.78 is 62.8. The Labute approximate surface area is 301 Å². The molecule has 2 aromatic heterocycles. The number of nitrogens with zero attached hydrogens (tertiary/aromatic N) is 4. The molecule has 7 rings (SSSR count). The highest BCUT2D eigenvalue weighted by molar-refractivity contribution is 6.35. The third-order valence-electron chi connectivity index (χ3n) is 8.44. The molecule has 3 aromatic carbocycles. The van der Waals surface area contributed by atoms with Crippen molar-refractivity contribution in [1.29, 1.82) is 0 Å². The summed E-state index contributed by atoms with van der Waals surface area (Å²) in [7, 11) is 0. The van der Waals surface area contributed by atoms with Gasteiger partial charge >= 0.3 is 0 Å². The summed E-state index contributed by atoms with van der Waals surface area (Å²) in [5.41, 5.74) is 4.21. The zero-order valence-electron chi connectivity index (χ0n) is 25.8. The van der Waals surface area contributed by atoms with Gasteiger partial charge in [0.25, 0.3) is 17.0 Å². The summed E-state index contributed by atoms with van der Waals surface area (Å²) in [6, 6.07) is 7.47. The molecule has 0 spiro atoms. The Morgan fingerprint density at radius 2 is 1.08 bits per heavy atom. The first-order valence-corrected chi connectivity index (χ1v) is 16.8. The number of nitrogen functional groups attached to an aromatic ring is 1. The van der Waals surface area contributed by atoms with Crippen molar-refractivity contribution in [3.8, 4) is 22.3 Å². The minimum atomic E-state index is -1.11. The van der Waals surface area contributed by atoms with Crippen LogP contribution in [0.4, 0.5) is 28.9 Å². The second-order valence-electron chi connectivity index (χ2n) is 11.6. The first kappa shape index (κ1) is 35.6. The number of aromatic nitrogens is 4. The van der Waals surface area contributed by atoms with Gasteiger partial charge in [-0.15, -0.1) is 0 Å². The molecule has 0 fully saturated rings. The molecule has 1 amide bonds. The van der Waals surface area contributed by atoms with Gasteiger partial charge in [0.1, 0.15) is 39.1 Å². The number of anilines is 2. The van der Waals surface area contributed by atoms with Crippen molar-refractivity contribution in [3.05, 3.63) is 112 Å². The number of halogens is 8. The van der Waals surface area contributed by atoms with Gasteiger partial charge in [-0.2, -0.15) is 0 Å². The Morgan fingerprint density at radius 1 is 0.640 bits per heavy atom. The Kier molecular flexibility index (Phi) is 10.1. The molecular weight excluding hydrogens is 746 g/mol. The lowest BCUT2D eigenvalue weighted by Crippen LogP contribution is -2.27. The highest BCUT2D eigenvalue weighted by Gasteiger charge is 2.27. The molecule has 2 aliphatic heterocycles. The molecule has 2 aliphatic rings. The number of benzene rings is 3. The SMILES string of the molecule is Nc1cc(-c2c(Cl)n3n(c2=O)CCCC3)c(F)cc1Cl.O=C(Nc1cc(-c2c(Cl)n3n(c2=O)CCCC3)c(F)cc1Cl)c1c(F)cccc1F. The van der Waals surface area contributed by atoms with E-state index in [-0.39, 0.29) is 59.5 Å². The van der Waals surface area contributed by atoms with Crippen LogP contribution in [0, 0.1) is 23.3 Å². The predicted octanol–water partition coefficient (Wildman–Crippen LogP) is 8.23. The van der Waals surface area contributed by atoms with E-state index in [0.29, 0.717) is 26.2 Å². The van der Waals surface area contributed by atoms with E-state index in [1.54, 1.807) is 14.0 Å². The van der Waals surface area contributed by atoms with Crippen LogP contribution in [-0.4, -0.2) is 24.6 Å². The number of hydrogen-bond acceptors (Lipinski definition) is 4. The monoisotopic (exact) mass is 770 g/mol. The summed E-state index contributed by atoms with van der Waals surface area (Å²) in [6.45, 7) is 2.20. The Hall–Kier alpha value is -4.17. The maximum atomic E-state index is 14.7. The van der Waals surface area contributed by atoms with Gasteiger partial charge in [-0.3, -0.25) is 23.7 Å². The van der Waals surface area contributed by atoms with E-state index in [9.17, 15) is 31.9 Å². The van der Waals surface area contributed by atoms with Crippen LogP contribution in [0.1, 0.15) is 36.0 Å². The quantitative estimate of drug-likeness (QED) is 0.142. The topological polar surface area (TPSA) is 109 Å². The van der Waals surface area contributed by atoms with E-state index >= 15 is 0 Å². The molecule has 50 heavy (non-hydrogen) atoms. The van der Waals surface area contributed by atoms with Gasteiger partial charge in [0, 0.05) is 37.3 Å². The average Bonchev–Trinajstić information content (AvgIpc) is 3.48. The van der Waals surface area contributed by atoms with E-state index in [2.05, 4.69) is 5.32 Å². The largest absolute Gasteiger partial charge is 0.398 e. The number of nitrogens with two attached hydrogens (primary N) is 1. The molecule has 0 atom stereocenters. The van der Waals surface area contributed by atoms with Crippen molar-refractivity contribution < 1.29 is 22.4 Å². The summed E-state index contributed by atoms with van der Waals surface area (Å²) in [6.07, 6.45) is 3.47. The molecule has 0 saturated carbocycles. The van der Waals surface area contributed by atoms with Crippen molar-refractivity contribution in [3.63, 3.8) is 0 Å². The van der Waals surface area contributed by atoms with Gasteiger partial charge in [0.05, 0.1) is 32.5 Å². The maximum absolute atomic E-state index is 14.7. The fraction of sp³-hybridized carbons (Fsp3) is 0.242. The van der Waals surface area contributed by atoms with E-state index in [4.69, 9.17) is 52.1 Å². The Bertz CT molecular complexity index is 2280. The lowest BCUT2D eigenvalue weighted by molar-refractivity contribution is 0.101. The number of carbonyl (C=O) groups excluding carboxylic acids is 1. The molecule has 5 aromatic rings. The number of amides is 1. The molecule has 3 N–H and O–H groups in total. The molecule has 0 saturated heterocycles. The van der Waals surface area contributed by atoms with Crippen LogP contribution < -0.4 is 22.2 Å². The van der Waals surface area contributed by atoms with Gasteiger partial charge in [0.2, 0.25) is 0 Å². The first-order chi connectivity index (χ1) is 23.8. The highest BCUT2D eigenvalue weighted by Crippen LogP contribution is 2.36. The standard InChI is InChI=1S/C20H14Cl2F3N3O2.C13H12Cl2FN3O/c21-11-9-14(25)10(16-18(22)27-6-1-2-7-28(27)20(16)30)8-15(11)26-19(29)17-12(23)4-3-5-13(17)24;14-8-6-9(16)7(5-10(8)17)11-12(15)18-3-1-2-4-19(18)13(11)20/h3-5,8-9H,1-2,6-7H2,(H,26,29);5-6H,1-4,17H2. The highest BCUT2D eigenvalue weighted by atomic mass is 35.5. The Balaban J connectivity index is 0.000000187. The molecule has 9 nitrogen and oxygen atoms in total. The number of carbonyl (C=O) groups is 1. The van der Waals surface area contributed by atoms with Crippen molar-refractivity contribution in [2.45, 2.75) is 51.9 Å². The van der Waals surface area contributed by atoms with Crippen LogP contribution in [0.3, 0.4) is 0 Å². The molecule has 0 unspecified atom stereocenters. The average molecular weight is 772 g/mol. The lowest BCUT2D eigenvalue weighted by Gasteiger charge is -2.17. The second-order valence-corrected chi connectivity index (χ2v) is 13.1.